The molecule has 2 fully saturated rings. The number of ether oxygens (including phenoxy) is 1. The van der Waals surface area contributed by atoms with E-state index in [1.807, 2.05) is 0 Å². The van der Waals surface area contributed by atoms with Crippen molar-refractivity contribution in [3.8, 4) is 11.5 Å². The number of rotatable bonds is 5. The van der Waals surface area contributed by atoms with Crippen molar-refractivity contribution in [2.24, 2.45) is 5.92 Å². The van der Waals surface area contributed by atoms with Crippen LogP contribution in [0.15, 0.2) is 65.1 Å². The molecular weight excluding hydrogens is 558 g/mol. The van der Waals surface area contributed by atoms with Crippen LogP contribution in [0.5, 0.6) is 11.5 Å². The van der Waals surface area contributed by atoms with Gasteiger partial charge in [0, 0.05) is 17.2 Å². The molecule has 2 aliphatic heterocycles. The summed E-state index contributed by atoms with van der Waals surface area (Å²) >= 11 is 9.38. The smallest absolute Gasteiger partial charge is 0.271 e. The van der Waals surface area contributed by atoms with Crippen LogP contribution < -0.4 is 14.7 Å². The number of nitro groups is 1. The van der Waals surface area contributed by atoms with E-state index in [4.69, 9.17) is 21.2 Å². The molecule has 2 amide bonds. The van der Waals surface area contributed by atoms with Crippen LogP contribution in [0.1, 0.15) is 11.6 Å². The first-order chi connectivity index (χ1) is 17.2. The Morgan fingerprint density at radius 2 is 1.81 bits per heavy atom. The zero-order chi connectivity index (χ0) is 25.7. The monoisotopic (exact) mass is 573 g/mol. The van der Waals surface area contributed by atoms with Crippen molar-refractivity contribution in [1.82, 2.24) is 0 Å². The maximum Gasteiger partial charge on any atom is 0.271 e. The molecule has 0 aliphatic carbocycles. The lowest BCUT2D eigenvalue weighted by molar-refractivity contribution is -0.384. The number of nitrogens with zero attached hydrogens (tertiary/aromatic N) is 3. The van der Waals surface area contributed by atoms with E-state index in [9.17, 15) is 24.8 Å². The maximum absolute atomic E-state index is 13.7. The summed E-state index contributed by atoms with van der Waals surface area (Å²) in [5, 5.41) is 23.4. The summed E-state index contributed by atoms with van der Waals surface area (Å²) in [4.78, 5) is 45.0. The van der Waals surface area contributed by atoms with Crippen LogP contribution in [-0.2, 0) is 14.4 Å². The Hall–Kier alpha value is -3.67. The van der Waals surface area contributed by atoms with E-state index in [0.29, 0.717) is 20.7 Å². The number of nitro benzene ring substituents is 1. The molecule has 2 aliphatic rings. The second kappa shape index (κ2) is 9.08. The lowest BCUT2D eigenvalue weighted by Gasteiger charge is -2.29. The Kier molecular flexibility index (Phi) is 6.07. The summed E-state index contributed by atoms with van der Waals surface area (Å²) in [6.07, 6.45) is -1.20. The molecule has 3 atom stereocenters. The SMILES string of the molecule is COc1cc([C@@H]2[C@H]3C(=O)N(c4cccc(Cl)c4)C(=O)[C@@H]3ON2c2cccc([N+](=O)[O-])c2)cc(Br)c1O. The molecule has 3 aromatic rings. The van der Waals surface area contributed by atoms with Gasteiger partial charge in [0.25, 0.3) is 11.6 Å². The molecule has 0 radical (unpaired) electrons. The topological polar surface area (TPSA) is 122 Å². The minimum Gasteiger partial charge on any atom is -0.503 e. The van der Waals surface area contributed by atoms with Crippen LogP contribution in [0.3, 0.4) is 0 Å². The average Bonchev–Trinajstić information content (AvgIpc) is 3.36. The normalized spacial score (nSPS) is 21.1. The highest BCUT2D eigenvalue weighted by atomic mass is 79.9. The van der Waals surface area contributed by atoms with E-state index in [0.717, 1.165) is 4.90 Å². The minimum absolute atomic E-state index is 0.130. The van der Waals surface area contributed by atoms with Crippen molar-refractivity contribution < 1.29 is 29.2 Å². The molecule has 0 spiro atoms. The van der Waals surface area contributed by atoms with Crippen LogP contribution in [0.4, 0.5) is 17.1 Å². The zero-order valence-corrected chi connectivity index (χ0v) is 20.8. The molecule has 2 heterocycles. The van der Waals surface area contributed by atoms with Gasteiger partial charge in [-0.05, 0) is 57.9 Å². The van der Waals surface area contributed by atoms with Gasteiger partial charge >= 0.3 is 0 Å². The molecule has 184 valence electrons. The molecule has 10 nitrogen and oxygen atoms in total. The number of methoxy groups -OCH3 is 1. The van der Waals surface area contributed by atoms with E-state index in [-0.39, 0.29) is 22.9 Å². The Balaban J connectivity index is 1.65. The van der Waals surface area contributed by atoms with E-state index in [2.05, 4.69) is 15.9 Å². The fourth-order valence-corrected chi connectivity index (χ4v) is 5.16. The Labute approximate surface area is 217 Å². The van der Waals surface area contributed by atoms with Gasteiger partial charge in [-0.1, -0.05) is 23.7 Å². The third-order valence-corrected chi connectivity index (χ3v) is 6.93. The zero-order valence-electron chi connectivity index (χ0n) is 18.5. The number of phenolic OH excluding ortho intramolecular Hbond substituents is 1. The van der Waals surface area contributed by atoms with Gasteiger partial charge in [-0.2, -0.15) is 0 Å². The van der Waals surface area contributed by atoms with Gasteiger partial charge in [0.1, 0.15) is 5.92 Å². The third-order valence-electron chi connectivity index (χ3n) is 6.09. The Morgan fingerprint density at radius 3 is 2.50 bits per heavy atom. The van der Waals surface area contributed by atoms with Crippen molar-refractivity contribution in [2.75, 3.05) is 17.1 Å². The molecule has 36 heavy (non-hydrogen) atoms. The van der Waals surface area contributed by atoms with E-state index in [1.54, 1.807) is 30.3 Å². The number of carbonyl (C=O) groups excluding carboxylic acids is 2. The molecule has 0 saturated carbocycles. The number of imide groups is 1. The van der Waals surface area contributed by atoms with Crippen molar-refractivity contribution in [1.29, 1.82) is 0 Å². The first-order valence-electron chi connectivity index (χ1n) is 10.6. The van der Waals surface area contributed by atoms with Crippen molar-refractivity contribution in [3.63, 3.8) is 0 Å². The highest BCUT2D eigenvalue weighted by molar-refractivity contribution is 9.10. The predicted molar refractivity (Wildman–Crippen MR) is 133 cm³/mol. The molecule has 3 aromatic carbocycles. The number of anilines is 2. The number of carbonyl (C=O) groups is 2. The summed E-state index contributed by atoms with van der Waals surface area (Å²) < 4.78 is 5.57. The van der Waals surface area contributed by atoms with Crippen molar-refractivity contribution >= 4 is 56.4 Å². The molecule has 0 bridgehead atoms. The lowest BCUT2D eigenvalue weighted by Crippen LogP contribution is -2.37. The molecule has 0 aromatic heterocycles. The number of hydroxylamine groups is 1. The molecule has 5 rings (SSSR count). The predicted octanol–water partition coefficient (Wildman–Crippen LogP) is 4.78. The van der Waals surface area contributed by atoms with Gasteiger partial charge in [-0.3, -0.25) is 24.5 Å². The fraction of sp³-hybridized carbons (Fsp3) is 0.167. The number of phenols is 1. The molecule has 12 heteroatoms. The summed E-state index contributed by atoms with van der Waals surface area (Å²) in [7, 11) is 1.38. The van der Waals surface area contributed by atoms with Crippen LogP contribution in [0.2, 0.25) is 5.02 Å². The summed E-state index contributed by atoms with van der Waals surface area (Å²) in [5.74, 6) is -2.13. The lowest BCUT2D eigenvalue weighted by atomic mass is 9.90. The number of aromatic hydroxyl groups is 1. The number of hydrogen-bond donors (Lipinski definition) is 1. The highest BCUT2D eigenvalue weighted by Crippen LogP contribution is 2.50. The van der Waals surface area contributed by atoms with E-state index < -0.39 is 34.8 Å². The number of non-ortho nitro benzene ring substituents is 1. The van der Waals surface area contributed by atoms with Gasteiger partial charge in [0.05, 0.1) is 33.9 Å². The second-order valence-electron chi connectivity index (χ2n) is 8.14. The molecular formula is C24H17BrClN3O7. The number of hydrogen-bond acceptors (Lipinski definition) is 8. The van der Waals surface area contributed by atoms with Crippen molar-refractivity contribution in [2.45, 2.75) is 12.1 Å². The average molecular weight is 575 g/mol. The van der Waals surface area contributed by atoms with Crippen LogP contribution in [-0.4, -0.2) is 35.1 Å². The molecule has 2 saturated heterocycles. The molecule has 0 unspecified atom stereocenters. The van der Waals surface area contributed by atoms with Crippen LogP contribution in [0.25, 0.3) is 0 Å². The number of fused-ring (bicyclic) bond motifs is 1. The van der Waals surface area contributed by atoms with Gasteiger partial charge in [-0.25, -0.2) is 9.96 Å². The Morgan fingerprint density at radius 1 is 1.08 bits per heavy atom. The number of benzene rings is 3. The van der Waals surface area contributed by atoms with Gasteiger partial charge in [0.2, 0.25) is 5.91 Å². The second-order valence-corrected chi connectivity index (χ2v) is 9.44. The van der Waals surface area contributed by atoms with E-state index >= 15 is 0 Å². The summed E-state index contributed by atoms with van der Waals surface area (Å²) in [6, 6.07) is 14.3. The van der Waals surface area contributed by atoms with Crippen molar-refractivity contribution in [3.05, 3.63) is 85.8 Å². The van der Waals surface area contributed by atoms with Crippen LogP contribution >= 0.6 is 27.5 Å². The van der Waals surface area contributed by atoms with E-state index in [1.165, 1.54) is 42.5 Å². The Bertz CT molecular complexity index is 1420. The maximum atomic E-state index is 13.7. The fourth-order valence-electron chi connectivity index (χ4n) is 4.51. The standard InChI is InChI=1S/C24H17BrClN3O7/c1-35-18-9-12(8-17(25)21(18)30)20-19-22(36-28(20)15-6-3-7-16(11-15)29(33)34)24(32)27(23(19)31)14-5-2-4-13(26)10-14/h2-11,19-20,22,30H,1H3/t19-,20-,22-/m1/s1. The quantitative estimate of drug-likeness (QED) is 0.263. The number of halogens is 2. The largest absolute Gasteiger partial charge is 0.503 e. The van der Waals surface area contributed by atoms with Gasteiger partial charge < -0.3 is 9.84 Å². The van der Waals surface area contributed by atoms with Gasteiger partial charge in [-0.15, -0.1) is 0 Å². The first-order valence-corrected chi connectivity index (χ1v) is 11.8. The number of amides is 2. The highest BCUT2D eigenvalue weighted by Gasteiger charge is 2.60. The molecule has 1 N–H and O–H groups in total. The van der Waals surface area contributed by atoms with Crippen LogP contribution in [0, 0.1) is 16.0 Å². The summed E-state index contributed by atoms with van der Waals surface area (Å²) in [6.45, 7) is 0. The third kappa shape index (κ3) is 3.85. The van der Waals surface area contributed by atoms with Gasteiger partial charge in [0.15, 0.2) is 17.6 Å². The minimum atomic E-state index is -1.20. The first kappa shape index (κ1) is 24.0. The summed E-state index contributed by atoms with van der Waals surface area (Å²) in [5.41, 5.74) is 0.876.